The number of aromatic carboxylic acids is 1. The number of carbonyl (C=O) groups excluding carboxylic acids is 1. The SMILES string of the molecule is Cc1nc(NC(=O)c2ncccc2C(=O)O)sc1C. The lowest BCUT2D eigenvalue weighted by Gasteiger charge is -2.03. The normalized spacial score (nSPS) is 10.2. The third-order valence-electron chi connectivity index (χ3n) is 2.50. The zero-order chi connectivity index (χ0) is 14.0. The molecule has 0 saturated carbocycles. The van der Waals surface area contributed by atoms with E-state index in [9.17, 15) is 9.59 Å². The molecule has 2 heterocycles. The summed E-state index contributed by atoms with van der Waals surface area (Å²) in [5.74, 6) is -1.77. The molecular formula is C12H11N3O3S. The van der Waals surface area contributed by atoms with Crippen LogP contribution in [0.5, 0.6) is 0 Å². The summed E-state index contributed by atoms with van der Waals surface area (Å²) in [6.07, 6.45) is 1.37. The van der Waals surface area contributed by atoms with Crippen LogP contribution in [-0.4, -0.2) is 27.0 Å². The number of hydrogen-bond acceptors (Lipinski definition) is 5. The number of anilines is 1. The van der Waals surface area contributed by atoms with Crippen LogP contribution in [0.4, 0.5) is 5.13 Å². The molecule has 0 aliphatic rings. The molecule has 2 rings (SSSR count). The maximum absolute atomic E-state index is 12.0. The van der Waals surface area contributed by atoms with Crippen molar-refractivity contribution < 1.29 is 14.7 Å². The monoisotopic (exact) mass is 277 g/mol. The Labute approximate surface area is 113 Å². The average molecular weight is 277 g/mol. The summed E-state index contributed by atoms with van der Waals surface area (Å²) in [6.45, 7) is 3.73. The Morgan fingerprint density at radius 3 is 2.68 bits per heavy atom. The predicted molar refractivity (Wildman–Crippen MR) is 70.7 cm³/mol. The van der Waals surface area contributed by atoms with Crippen LogP contribution >= 0.6 is 11.3 Å². The fourth-order valence-corrected chi connectivity index (χ4v) is 2.25. The van der Waals surface area contributed by atoms with E-state index >= 15 is 0 Å². The van der Waals surface area contributed by atoms with Crippen LogP contribution in [0, 0.1) is 13.8 Å². The molecule has 0 aliphatic heterocycles. The highest BCUT2D eigenvalue weighted by atomic mass is 32.1. The van der Waals surface area contributed by atoms with E-state index in [1.54, 1.807) is 0 Å². The second-order valence-electron chi connectivity index (χ2n) is 3.82. The van der Waals surface area contributed by atoms with Crippen molar-refractivity contribution in [2.75, 3.05) is 5.32 Å². The molecule has 1 amide bonds. The Balaban J connectivity index is 2.28. The van der Waals surface area contributed by atoms with Crippen LogP contribution in [0.1, 0.15) is 31.4 Å². The van der Waals surface area contributed by atoms with Crippen molar-refractivity contribution in [3.8, 4) is 0 Å². The number of carbonyl (C=O) groups is 2. The zero-order valence-corrected chi connectivity index (χ0v) is 11.1. The van der Waals surface area contributed by atoms with Crippen molar-refractivity contribution in [2.45, 2.75) is 13.8 Å². The van der Waals surface area contributed by atoms with Gasteiger partial charge in [0.25, 0.3) is 5.91 Å². The molecule has 6 nitrogen and oxygen atoms in total. The van der Waals surface area contributed by atoms with E-state index in [0.29, 0.717) is 5.13 Å². The van der Waals surface area contributed by atoms with Gasteiger partial charge in [0.1, 0.15) is 5.69 Å². The van der Waals surface area contributed by atoms with Gasteiger partial charge in [-0.25, -0.2) is 9.78 Å². The fourth-order valence-electron chi connectivity index (χ4n) is 1.44. The van der Waals surface area contributed by atoms with E-state index in [0.717, 1.165) is 10.6 Å². The van der Waals surface area contributed by atoms with Gasteiger partial charge in [0.15, 0.2) is 5.13 Å². The Morgan fingerprint density at radius 2 is 2.11 bits per heavy atom. The van der Waals surface area contributed by atoms with Crippen molar-refractivity contribution >= 4 is 28.3 Å². The standard InChI is InChI=1S/C12H11N3O3S/c1-6-7(2)19-12(14-6)15-10(16)9-8(11(17)18)4-3-5-13-9/h3-5H,1-2H3,(H,17,18)(H,14,15,16). The zero-order valence-electron chi connectivity index (χ0n) is 10.3. The molecule has 0 bridgehead atoms. The lowest BCUT2D eigenvalue weighted by molar-refractivity contribution is 0.0691. The van der Waals surface area contributed by atoms with Crippen molar-refractivity contribution in [3.63, 3.8) is 0 Å². The summed E-state index contributed by atoms with van der Waals surface area (Å²) in [6, 6.07) is 2.81. The summed E-state index contributed by atoms with van der Waals surface area (Å²) in [4.78, 5) is 32.0. The largest absolute Gasteiger partial charge is 0.478 e. The van der Waals surface area contributed by atoms with Gasteiger partial charge in [-0.2, -0.15) is 0 Å². The molecule has 2 N–H and O–H groups in total. The summed E-state index contributed by atoms with van der Waals surface area (Å²) in [5.41, 5.74) is 0.574. The topological polar surface area (TPSA) is 92.2 Å². The van der Waals surface area contributed by atoms with E-state index < -0.39 is 11.9 Å². The number of rotatable bonds is 3. The molecule has 0 aliphatic carbocycles. The van der Waals surface area contributed by atoms with Crippen molar-refractivity contribution in [1.82, 2.24) is 9.97 Å². The molecule has 0 aromatic carbocycles. The molecule has 0 saturated heterocycles. The molecule has 0 fully saturated rings. The summed E-state index contributed by atoms with van der Waals surface area (Å²) >= 11 is 1.33. The average Bonchev–Trinajstić information content (AvgIpc) is 2.68. The highest BCUT2D eigenvalue weighted by Gasteiger charge is 2.18. The Hall–Kier alpha value is -2.28. The maximum atomic E-state index is 12.0. The lowest BCUT2D eigenvalue weighted by atomic mass is 10.2. The number of nitrogens with one attached hydrogen (secondary N) is 1. The third kappa shape index (κ3) is 2.76. The molecule has 0 spiro atoms. The van der Waals surface area contributed by atoms with Gasteiger partial charge in [-0.15, -0.1) is 11.3 Å². The number of pyridine rings is 1. The first kappa shape index (κ1) is 13.2. The summed E-state index contributed by atoms with van der Waals surface area (Å²) < 4.78 is 0. The number of thiazole rings is 1. The molecule has 0 unspecified atom stereocenters. The molecule has 98 valence electrons. The van der Waals surface area contributed by atoms with Crippen LogP contribution in [0.3, 0.4) is 0 Å². The van der Waals surface area contributed by atoms with Crippen molar-refractivity contribution in [2.24, 2.45) is 0 Å². The van der Waals surface area contributed by atoms with Crippen LogP contribution < -0.4 is 5.32 Å². The van der Waals surface area contributed by atoms with Gasteiger partial charge in [0.05, 0.1) is 11.3 Å². The van der Waals surface area contributed by atoms with Crippen molar-refractivity contribution in [3.05, 3.63) is 40.2 Å². The number of aromatic nitrogens is 2. The summed E-state index contributed by atoms with van der Waals surface area (Å²) in [7, 11) is 0. The van der Waals surface area contributed by atoms with Gasteiger partial charge in [0.2, 0.25) is 0 Å². The van der Waals surface area contributed by atoms with Crippen LogP contribution in [0.25, 0.3) is 0 Å². The van der Waals surface area contributed by atoms with Gasteiger partial charge >= 0.3 is 5.97 Å². The maximum Gasteiger partial charge on any atom is 0.338 e. The second-order valence-corrected chi connectivity index (χ2v) is 5.02. The molecule has 7 heteroatoms. The van der Waals surface area contributed by atoms with Gasteiger partial charge in [-0.1, -0.05) is 0 Å². The number of nitrogens with zero attached hydrogens (tertiary/aromatic N) is 2. The smallest absolute Gasteiger partial charge is 0.338 e. The van der Waals surface area contributed by atoms with Crippen LogP contribution in [-0.2, 0) is 0 Å². The minimum Gasteiger partial charge on any atom is -0.478 e. The number of hydrogen-bond donors (Lipinski definition) is 2. The molecule has 0 atom stereocenters. The Kier molecular flexibility index (Phi) is 3.57. The number of aryl methyl sites for hydroxylation is 2. The number of carboxylic acids is 1. The second kappa shape index (κ2) is 5.15. The Morgan fingerprint density at radius 1 is 1.37 bits per heavy atom. The molecule has 0 radical (unpaired) electrons. The summed E-state index contributed by atoms with van der Waals surface area (Å²) in [5, 5.41) is 12.0. The minimum atomic E-state index is -1.19. The Bertz CT molecular complexity index is 632. The third-order valence-corrected chi connectivity index (χ3v) is 3.49. The quantitative estimate of drug-likeness (QED) is 0.896. The minimum absolute atomic E-state index is 0.125. The molecule has 19 heavy (non-hydrogen) atoms. The first-order chi connectivity index (χ1) is 8.99. The molecule has 2 aromatic rings. The van der Waals surface area contributed by atoms with Gasteiger partial charge in [0, 0.05) is 11.1 Å². The first-order valence-corrected chi connectivity index (χ1v) is 6.24. The van der Waals surface area contributed by atoms with E-state index in [2.05, 4.69) is 15.3 Å². The number of amides is 1. The van der Waals surface area contributed by atoms with Gasteiger partial charge in [-0.3, -0.25) is 15.1 Å². The van der Waals surface area contributed by atoms with E-state index in [1.165, 1.54) is 29.7 Å². The highest BCUT2D eigenvalue weighted by Crippen LogP contribution is 2.21. The highest BCUT2D eigenvalue weighted by molar-refractivity contribution is 7.15. The number of carboxylic acid groups (broad SMARTS) is 1. The van der Waals surface area contributed by atoms with E-state index in [4.69, 9.17) is 5.11 Å². The fraction of sp³-hybridized carbons (Fsp3) is 0.167. The predicted octanol–water partition coefficient (Wildman–Crippen LogP) is 2.11. The van der Waals surface area contributed by atoms with Crippen LogP contribution in [0.15, 0.2) is 18.3 Å². The van der Waals surface area contributed by atoms with E-state index in [-0.39, 0.29) is 11.3 Å². The van der Waals surface area contributed by atoms with E-state index in [1.807, 2.05) is 13.8 Å². The first-order valence-electron chi connectivity index (χ1n) is 5.42. The van der Waals surface area contributed by atoms with Crippen molar-refractivity contribution in [1.29, 1.82) is 0 Å². The van der Waals surface area contributed by atoms with Gasteiger partial charge in [-0.05, 0) is 26.0 Å². The van der Waals surface area contributed by atoms with Crippen LogP contribution in [0.2, 0.25) is 0 Å². The molecular weight excluding hydrogens is 266 g/mol. The lowest BCUT2D eigenvalue weighted by Crippen LogP contribution is -2.18. The molecule has 2 aromatic heterocycles. The van der Waals surface area contributed by atoms with Gasteiger partial charge < -0.3 is 5.11 Å².